The smallest absolute Gasteiger partial charge is 0.322 e. The Morgan fingerprint density at radius 3 is 2.52 bits per heavy atom. The fraction of sp³-hybridized carbons (Fsp3) is 0.0714. The number of aldehydes is 1. The lowest BCUT2D eigenvalue weighted by Crippen LogP contribution is -2.13. The van der Waals surface area contributed by atoms with E-state index in [4.69, 9.17) is 0 Å². The molecule has 0 aliphatic carbocycles. The second-order valence-electron chi connectivity index (χ2n) is 4.12. The average Bonchev–Trinajstić information content (AvgIpc) is 2.47. The van der Waals surface area contributed by atoms with Crippen LogP contribution in [0, 0.1) is 0 Å². The van der Waals surface area contributed by atoms with Gasteiger partial charge in [-0.3, -0.25) is 14.6 Å². The molecule has 0 aliphatic heterocycles. The minimum absolute atomic E-state index is 0.0225. The Balaban J connectivity index is 2.17. The van der Waals surface area contributed by atoms with Gasteiger partial charge in [-0.2, -0.15) is 13.2 Å². The van der Waals surface area contributed by atoms with E-state index in [1.807, 2.05) is 0 Å². The van der Waals surface area contributed by atoms with Crippen LogP contribution in [-0.4, -0.2) is 17.2 Å². The second kappa shape index (κ2) is 5.74. The first-order valence-corrected chi connectivity index (χ1v) is 5.80. The summed E-state index contributed by atoms with van der Waals surface area (Å²) >= 11 is 0. The van der Waals surface area contributed by atoms with Gasteiger partial charge >= 0.3 is 6.18 Å². The van der Waals surface area contributed by atoms with Crippen molar-refractivity contribution in [1.82, 2.24) is 4.98 Å². The molecule has 1 N–H and O–H groups in total. The molecule has 4 nitrogen and oxygen atoms in total. The van der Waals surface area contributed by atoms with E-state index in [-0.39, 0.29) is 16.9 Å². The number of nitrogens with zero attached hydrogens (tertiary/aromatic N) is 1. The van der Waals surface area contributed by atoms with Crippen LogP contribution in [0.3, 0.4) is 0 Å². The van der Waals surface area contributed by atoms with Crippen LogP contribution in [0.2, 0.25) is 0 Å². The fourth-order valence-corrected chi connectivity index (χ4v) is 1.59. The van der Waals surface area contributed by atoms with Gasteiger partial charge in [0.05, 0.1) is 11.1 Å². The molecule has 0 bridgehead atoms. The van der Waals surface area contributed by atoms with E-state index in [9.17, 15) is 22.8 Å². The Kier molecular flexibility index (Phi) is 4.02. The number of pyridine rings is 1. The number of halogens is 3. The number of carbonyl (C=O) groups excluding carboxylic acids is 2. The zero-order valence-electron chi connectivity index (χ0n) is 10.5. The zero-order chi connectivity index (χ0) is 15.5. The van der Waals surface area contributed by atoms with E-state index in [0.29, 0.717) is 6.29 Å². The Morgan fingerprint density at radius 1 is 1.19 bits per heavy atom. The van der Waals surface area contributed by atoms with E-state index in [1.54, 1.807) is 0 Å². The minimum atomic E-state index is -4.48. The molecule has 0 aliphatic rings. The molecule has 21 heavy (non-hydrogen) atoms. The highest BCUT2D eigenvalue weighted by atomic mass is 19.4. The summed E-state index contributed by atoms with van der Waals surface area (Å²) in [5.74, 6) is -0.612. The molecule has 2 aromatic rings. The predicted molar refractivity (Wildman–Crippen MR) is 69.0 cm³/mol. The van der Waals surface area contributed by atoms with Gasteiger partial charge in [0.15, 0.2) is 6.29 Å². The third-order valence-corrected chi connectivity index (χ3v) is 2.62. The Morgan fingerprint density at radius 2 is 1.95 bits per heavy atom. The minimum Gasteiger partial charge on any atom is -0.322 e. The number of aromatic nitrogens is 1. The van der Waals surface area contributed by atoms with E-state index in [0.717, 1.165) is 12.1 Å². The van der Waals surface area contributed by atoms with Crippen molar-refractivity contribution >= 4 is 17.9 Å². The number of hydrogen-bond donors (Lipinski definition) is 1. The third-order valence-electron chi connectivity index (χ3n) is 2.62. The maximum Gasteiger partial charge on any atom is 0.416 e. The SMILES string of the molecule is O=Cc1ccc(C(=O)Nc2cccc(C(F)(F)F)c2)cn1. The molecule has 0 saturated heterocycles. The molecule has 0 fully saturated rings. The van der Waals surface area contributed by atoms with Crippen LogP contribution >= 0.6 is 0 Å². The summed E-state index contributed by atoms with van der Waals surface area (Å²) in [6.45, 7) is 0. The Labute approximate surface area is 117 Å². The zero-order valence-corrected chi connectivity index (χ0v) is 10.5. The lowest BCUT2D eigenvalue weighted by molar-refractivity contribution is -0.137. The summed E-state index contributed by atoms with van der Waals surface area (Å²) in [7, 11) is 0. The van der Waals surface area contributed by atoms with Crippen molar-refractivity contribution < 1.29 is 22.8 Å². The van der Waals surface area contributed by atoms with Gasteiger partial charge in [-0.05, 0) is 30.3 Å². The maximum atomic E-state index is 12.6. The number of nitrogens with one attached hydrogen (secondary N) is 1. The van der Waals surface area contributed by atoms with Crippen molar-refractivity contribution in [3.8, 4) is 0 Å². The van der Waals surface area contributed by atoms with Gasteiger partial charge in [-0.15, -0.1) is 0 Å². The summed E-state index contributed by atoms with van der Waals surface area (Å²) < 4.78 is 37.7. The number of hydrogen-bond acceptors (Lipinski definition) is 3. The maximum absolute atomic E-state index is 12.6. The quantitative estimate of drug-likeness (QED) is 0.885. The molecule has 0 saturated carbocycles. The van der Waals surface area contributed by atoms with Crippen molar-refractivity contribution in [2.24, 2.45) is 0 Å². The Hall–Kier alpha value is -2.70. The molecule has 0 atom stereocenters. The first-order valence-electron chi connectivity index (χ1n) is 5.80. The van der Waals surface area contributed by atoms with Crippen molar-refractivity contribution in [1.29, 1.82) is 0 Å². The third kappa shape index (κ3) is 3.65. The molecule has 0 unspecified atom stereocenters. The molecule has 0 radical (unpaired) electrons. The van der Waals surface area contributed by atoms with Crippen molar-refractivity contribution in [2.45, 2.75) is 6.18 Å². The van der Waals surface area contributed by atoms with E-state index >= 15 is 0 Å². The summed E-state index contributed by atoms with van der Waals surface area (Å²) in [5.41, 5.74) is -0.535. The molecule has 7 heteroatoms. The standard InChI is InChI=1S/C14H9F3N2O2/c15-14(16,17)10-2-1-3-11(6-10)19-13(21)9-4-5-12(8-20)18-7-9/h1-8H,(H,19,21). The number of alkyl halides is 3. The number of carbonyl (C=O) groups is 2. The highest BCUT2D eigenvalue weighted by Crippen LogP contribution is 2.30. The van der Waals surface area contributed by atoms with Crippen LogP contribution in [0.15, 0.2) is 42.6 Å². The van der Waals surface area contributed by atoms with Crippen molar-refractivity contribution in [3.05, 3.63) is 59.4 Å². The molecule has 2 rings (SSSR count). The summed E-state index contributed by atoms with van der Waals surface area (Å²) in [4.78, 5) is 26.0. The van der Waals surface area contributed by atoms with Gasteiger partial charge in [0.2, 0.25) is 0 Å². The fourth-order valence-electron chi connectivity index (χ4n) is 1.59. The molecule has 0 spiro atoms. The predicted octanol–water partition coefficient (Wildman–Crippen LogP) is 3.17. The van der Waals surface area contributed by atoms with Gasteiger partial charge in [0, 0.05) is 11.9 Å². The lowest BCUT2D eigenvalue weighted by atomic mass is 10.2. The van der Waals surface area contributed by atoms with Crippen LogP contribution in [0.1, 0.15) is 26.4 Å². The van der Waals surface area contributed by atoms with Gasteiger partial charge < -0.3 is 5.32 Å². The molecular weight excluding hydrogens is 285 g/mol. The van der Waals surface area contributed by atoms with E-state index in [1.165, 1.54) is 30.5 Å². The van der Waals surface area contributed by atoms with Crippen LogP contribution in [-0.2, 0) is 6.18 Å². The molecule has 108 valence electrons. The molecule has 1 heterocycles. The number of benzene rings is 1. The monoisotopic (exact) mass is 294 g/mol. The van der Waals surface area contributed by atoms with Crippen LogP contribution < -0.4 is 5.32 Å². The largest absolute Gasteiger partial charge is 0.416 e. The van der Waals surface area contributed by atoms with Crippen LogP contribution in [0.5, 0.6) is 0 Å². The number of anilines is 1. The van der Waals surface area contributed by atoms with Gasteiger partial charge in [0.25, 0.3) is 5.91 Å². The summed E-state index contributed by atoms with van der Waals surface area (Å²) in [6, 6.07) is 7.00. The first-order chi connectivity index (χ1) is 9.90. The highest BCUT2D eigenvalue weighted by Gasteiger charge is 2.30. The second-order valence-corrected chi connectivity index (χ2v) is 4.12. The van der Waals surface area contributed by atoms with Crippen molar-refractivity contribution in [3.63, 3.8) is 0 Å². The number of amides is 1. The van der Waals surface area contributed by atoms with Gasteiger partial charge in [-0.1, -0.05) is 6.07 Å². The van der Waals surface area contributed by atoms with E-state index < -0.39 is 17.6 Å². The lowest BCUT2D eigenvalue weighted by Gasteiger charge is -2.09. The molecular formula is C14H9F3N2O2. The van der Waals surface area contributed by atoms with Crippen molar-refractivity contribution in [2.75, 3.05) is 5.32 Å². The summed E-state index contributed by atoms with van der Waals surface area (Å²) in [6.07, 6.45) is -2.78. The molecule has 1 aromatic carbocycles. The highest BCUT2D eigenvalue weighted by molar-refractivity contribution is 6.04. The van der Waals surface area contributed by atoms with Gasteiger partial charge in [-0.25, -0.2) is 0 Å². The summed E-state index contributed by atoms with van der Waals surface area (Å²) in [5, 5.41) is 2.34. The first kappa shape index (κ1) is 14.7. The van der Waals surface area contributed by atoms with Crippen LogP contribution in [0.25, 0.3) is 0 Å². The Bertz CT molecular complexity index is 667. The molecule has 1 aromatic heterocycles. The average molecular weight is 294 g/mol. The van der Waals surface area contributed by atoms with E-state index in [2.05, 4.69) is 10.3 Å². The normalized spacial score (nSPS) is 11.0. The topological polar surface area (TPSA) is 59.1 Å². The molecule has 1 amide bonds. The van der Waals surface area contributed by atoms with Crippen LogP contribution in [0.4, 0.5) is 18.9 Å². The number of rotatable bonds is 3. The van der Waals surface area contributed by atoms with Gasteiger partial charge in [0.1, 0.15) is 5.69 Å².